The van der Waals surface area contributed by atoms with Gasteiger partial charge in [-0.15, -0.1) is 0 Å². The number of halogens is 2. The van der Waals surface area contributed by atoms with E-state index in [4.69, 9.17) is 17.3 Å². The van der Waals surface area contributed by atoms with E-state index in [-0.39, 0.29) is 0 Å². The van der Waals surface area contributed by atoms with Crippen LogP contribution in [-0.4, -0.2) is 19.9 Å². The molecular weight excluding hydrogens is 318 g/mol. The average molecular weight is 325 g/mol. The van der Waals surface area contributed by atoms with Crippen LogP contribution in [0.5, 0.6) is 0 Å². The maximum absolute atomic E-state index is 5.98. The molecule has 2 aromatic heterocycles. The van der Waals surface area contributed by atoms with Crippen molar-refractivity contribution < 1.29 is 0 Å². The average Bonchev–Trinajstić information content (AvgIpc) is 2.77. The van der Waals surface area contributed by atoms with E-state index in [1.54, 1.807) is 6.07 Å². The third kappa shape index (κ3) is 1.83. The van der Waals surface area contributed by atoms with Gasteiger partial charge in [-0.3, -0.25) is 0 Å². The van der Waals surface area contributed by atoms with Gasteiger partial charge in [0.05, 0.1) is 0 Å². The maximum atomic E-state index is 5.98. The van der Waals surface area contributed by atoms with Crippen LogP contribution in [0.4, 0.5) is 5.82 Å². The van der Waals surface area contributed by atoms with E-state index in [1.807, 2.05) is 12.1 Å². The lowest BCUT2D eigenvalue weighted by Gasteiger charge is -2.00. The molecule has 0 atom stereocenters. The number of nitrogen functional groups attached to an aromatic ring is 1. The number of hydrogen-bond acceptors (Lipinski definition) is 4. The number of aromatic nitrogens is 4. The first kappa shape index (κ1) is 11.4. The fourth-order valence-corrected chi connectivity index (χ4v) is 2.26. The van der Waals surface area contributed by atoms with Gasteiger partial charge in [-0.25, -0.2) is 15.0 Å². The van der Waals surface area contributed by atoms with Crippen LogP contribution in [0.2, 0.25) is 5.02 Å². The molecule has 3 N–H and O–H groups in total. The van der Waals surface area contributed by atoms with Crippen LogP contribution in [0.1, 0.15) is 0 Å². The first-order valence-electron chi connectivity index (χ1n) is 5.07. The molecule has 3 rings (SSSR count). The number of rotatable bonds is 1. The number of aromatic amines is 1. The third-order valence-electron chi connectivity index (χ3n) is 2.50. The van der Waals surface area contributed by atoms with Gasteiger partial charge in [-0.2, -0.15) is 0 Å². The highest BCUT2D eigenvalue weighted by molar-refractivity contribution is 9.10. The van der Waals surface area contributed by atoms with Crippen LogP contribution in [0.3, 0.4) is 0 Å². The third-order valence-corrected chi connectivity index (χ3v) is 3.43. The number of H-pyrrole nitrogens is 1. The van der Waals surface area contributed by atoms with E-state index in [0.717, 1.165) is 10.0 Å². The number of imidazole rings is 1. The van der Waals surface area contributed by atoms with Crippen molar-refractivity contribution in [3.63, 3.8) is 0 Å². The van der Waals surface area contributed by atoms with Gasteiger partial charge in [-0.05, 0) is 18.2 Å². The fraction of sp³-hybridized carbons (Fsp3) is 0. The van der Waals surface area contributed by atoms with Gasteiger partial charge in [0.2, 0.25) is 0 Å². The van der Waals surface area contributed by atoms with E-state index in [2.05, 4.69) is 35.9 Å². The Morgan fingerprint density at radius 2 is 2.11 bits per heavy atom. The minimum atomic E-state index is 0.372. The molecule has 0 radical (unpaired) electrons. The van der Waals surface area contributed by atoms with Gasteiger partial charge in [-0.1, -0.05) is 27.5 Å². The first-order valence-corrected chi connectivity index (χ1v) is 6.24. The molecule has 3 aromatic rings. The molecule has 0 aliphatic rings. The molecular formula is C11H7BrClN5. The normalized spacial score (nSPS) is 11.0. The van der Waals surface area contributed by atoms with Crippen molar-refractivity contribution in [2.45, 2.75) is 0 Å². The Morgan fingerprint density at radius 3 is 2.89 bits per heavy atom. The van der Waals surface area contributed by atoms with Crippen molar-refractivity contribution in [2.75, 3.05) is 5.73 Å². The molecule has 1 aromatic carbocycles. The molecule has 18 heavy (non-hydrogen) atoms. The highest BCUT2D eigenvalue weighted by Gasteiger charge is 2.11. The van der Waals surface area contributed by atoms with Gasteiger partial charge >= 0.3 is 0 Å². The van der Waals surface area contributed by atoms with Crippen molar-refractivity contribution in [1.82, 2.24) is 19.9 Å². The van der Waals surface area contributed by atoms with Gasteiger partial charge in [0, 0.05) is 15.1 Å². The zero-order valence-electron chi connectivity index (χ0n) is 8.98. The summed E-state index contributed by atoms with van der Waals surface area (Å²) in [6, 6.07) is 5.47. The van der Waals surface area contributed by atoms with Crippen molar-refractivity contribution in [3.05, 3.63) is 34.0 Å². The standard InChI is InChI=1S/C11H7BrClN5/c12-7-2-1-5(13)3-6(7)10-17-8-9(14)15-4-16-11(8)18-10/h1-4H,(H3,14,15,16,17,18). The van der Waals surface area contributed by atoms with Crippen LogP contribution in [-0.2, 0) is 0 Å². The van der Waals surface area contributed by atoms with Crippen LogP contribution in [0.25, 0.3) is 22.6 Å². The molecule has 0 bridgehead atoms. The number of fused-ring (bicyclic) bond motifs is 1. The molecule has 0 aliphatic heterocycles. The summed E-state index contributed by atoms with van der Waals surface area (Å²) in [7, 11) is 0. The summed E-state index contributed by atoms with van der Waals surface area (Å²) in [5.41, 5.74) is 7.76. The van der Waals surface area contributed by atoms with Crippen molar-refractivity contribution in [1.29, 1.82) is 0 Å². The summed E-state index contributed by atoms with van der Waals surface area (Å²) in [5.74, 6) is 1.02. The van der Waals surface area contributed by atoms with Crippen LogP contribution < -0.4 is 5.73 Å². The SMILES string of the molecule is Nc1ncnc2nc(-c3cc(Cl)ccc3Br)[nH]c12. The summed E-state index contributed by atoms with van der Waals surface area (Å²) in [5, 5.41) is 0.632. The fourth-order valence-electron chi connectivity index (χ4n) is 1.65. The summed E-state index contributed by atoms with van der Waals surface area (Å²) >= 11 is 9.44. The smallest absolute Gasteiger partial charge is 0.183 e. The second-order valence-electron chi connectivity index (χ2n) is 3.67. The lowest BCUT2D eigenvalue weighted by atomic mass is 10.2. The van der Waals surface area contributed by atoms with Crippen LogP contribution in [0.15, 0.2) is 29.0 Å². The summed E-state index contributed by atoms with van der Waals surface area (Å²) in [6.45, 7) is 0. The van der Waals surface area contributed by atoms with E-state index < -0.39 is 0 Å². The predicted molar refractivity (Wildman–Crippen MR) is 74.2 cm³/mol. The predicted octanol–water partition coefficient (Wildman–Crippen LogP) is 3.02. The molecule has 0 aliphatic carbocycles. The second-order valence-corrected chi connectivity index (χ2v) is 4.96. The number of nitrogens with two attached hydrogens (primary N) is 1. The second kappa shape index (κ2) is 4.22. The highest BCUT2D eigenvalue weighted by atomic mass is 79.9. The molecule has 0 saturated carbocycles. The Bertz CT molecular complexity index is 739. The Morgan fingerprint density at radius 1 is 1.28 bits per heavy atom. The lowest BCUT2D eigenvalue weighted by molar-refractivity contribution is 1.21. The molecule has 7 heteroatoms. The number of nitrogens with one attached hydrogen (secondary N) is 1. The molecule has 0 saturated heterocycles. The quantitative estimate of drug-likeness (QED) is 0.721. The minimum absolute atomic E-state index is 0.372. The topological polar surface area (TPSA) is 80.5 Å². The Hall–Kier alpha value is -1.66. The molecule has 0 amide bonds. The van der Waals surface area contributed by atoms with Crippen LogP contribution >= 0.6 is 27.5 Å². The molecule has 90 valence electrons. The molecule has 0 unspecified atom stereocenters. The molecule has 5 nitrogen and oxygen atoms in total. The Kier molecular flexibility index (Phi) is 2.68. The monoisotopic (exact) mass is 323 g/mol. The summed E-state index contributed by atoms with van der Waals surface area (Å²) in [6.07, 6.45) is 1.38. The lowest BCUT2D eigenvalue weighted by Crippen LogP contribution is -1.91. The van der Waals surface area contributed by atoms with Crippen molar-refractivity contribution in [2.24, 2.45) is 0 Å². The summed E-state index contributed by atoms with van der Waals surface area (Å²) in [4.78, 5) is 15.4. The first-order chi connectivity index (χ1) is 8.65. The highest BCUT2D eigenvalue weighted by Crippen LogP contribution is 2.30. The number of anilines is 1. The van der Waals surface area contributed by atoms with E-state index in [0.29, 0.717) is 27.8 Å². The molecule has 2 heterocycles. The molecule has 0 spiro atoms. The minimum Gasteiger partial charge on any atom is -0.382 e. The van der Waals surface area contributed by atoms with Gasteiger partial charge in [0.1, 0.15) is 17.7 Å². The van der Waals surface area contributed by atoms with Crippen LogP contribution in [0, 0.1) is 0 Å². The van der Waals surface area contributed by atoms with Gasteiger partial charge in [0.25, 0.3) is 0 Å². The number of nitrogens with zero attached hydrogens (tertiary/aromatic N) is 3. The van der Waals surface area contributed by atoms with E-state index in [1.165, 1.54) is 6.33 Å². The van der Waals surface area contributed by atoms with E-state index in [9.17, 15) is 0 Å². The van der Waals surface area contributed by atoms with E-state index >= 15 is 0 Å². The van der Waals surface area contributed by atoms with Gasteiger partial charge < -0.3 is 10.7 Å². The summed E-state index contributed by atoms with van der Waals surface area (Å²) < 4.78 is 0.887. The Labute approximate surface area is 116 Å². The van der Waals surface area contributed by atoms with Gasteiger partial charge in [0.15, 0.2) is 11.5 Å². The zero-order chi connectivity index (χ0) is 12.7. The molecule has 0 fully saturated rings. The largest absolute Gasteiger partial charge is 0.382 e. The maximum Gasteiger partial charge on any atom is 0.183 e. The number of benzene rings is 1. The van der Waals surface area contributed by atoms with Crippen molar-refractivity contribution in [3.8, 4) is 11.4 Å². The van der Waals surface area contributed by atoms with Crippen molar-refractivity contribution >= 4 is 44.5 Å². The number of hydrogen-bond donors (Lipinski definition) is 2. The zero-order valence-corrected chi connectivity index (χ0v) is 11.3. The Balaban J connectivity index is 2.26.